The summed E-state index contributed by atoms with van der Waals surface area (Å²) in [7, 11) is -4.03. The Morgan fingerprint density at radius 3 is 2.20 bits per heavy atom. The van der Waals surface area contributed by atoms with Crippen molar-refractivity contribution in [1.29, 1.82) is 0 Å². The Balaban J connectivity index is 1.76. The Kier molecular flexibility index (Phi) is 8.76. The van der Waals surface area contributed by atoms with Crippen LogP contribution in [-0.4, -0.2) is 40.6 Å². The molecule has 3 aromatic rings. The average Bonchev–Trinajstić information content (AvgIpc) is 2.81. The van der Waals surface area contributed by atoms with Crippen molar-refractivity contribution < 1.29 is 22.7 Å². The number of sulfonamides is 1. The molecule has 0 aliphatic rings. The molecule has 3 aromatic carbocycles. The minimum Gasteiger partial charge on any atom is -0.492 e. The summed E-state index contributed by atoms with van der Waals surface area (Å²) in [5.41, 5.74) is 3.42. The summed E-state index contributed by atoms with van der Waals surface area (Å²) < 4.78 is 39.6. The molecule has 0 spiro atoms. The molecule has 0 fully saturated rings. The second-order valence-corrected chi connectivity index (χ2v) is 10.1. The second-order valence-electron chi connectivity index (χ2n) is 8.25. The standard InChI is InChI=1S/C27H32N2O5S/c1-5-33-26-9-7-6-8-25(26)29(35(31,32)24-12-10-20(2)11-13-24)19-27(30)28-14-15-34-23-17-21(3)16-22(4)18-23/h6-13,16-18H,5,14-15,19H2,1-4H3,(H,28,30). The molecule has 0 bridgehead atoms. The van der Waals surface area contributed by atoms with Gasteiger partial charge in [-0.15, -0.1) is 0 Å². The number of nitrogens with one attached hydrogen (secondary N) is 1. The molecule has 0 heterocycles. The van der Waals surface area contributed by atoms with Gasteiger partial charge in [0.05, 0.1) is 23.7 Å². The van der Waals surface area contributed by atoms with E-state index in [9.17, 15) is 13.2 Å². The van der Waals surface area contributed by atoms with Crippen LogP contribution in [0, 0.1) is 20.8 Å². The van der Waals surface area contributed by atoms with Crippen molar-refractivity contribution in [3.8, 4) is 11.5 Å². The lowest BCUT2D eigenvalue weighted by atomic mass is 10.1. The molecule has 0 saturated heterocycles. The van der Waals surface area contributed by atoms with Gasteiger partial charge in [0.15, 0.2) is 0 Å². The third-order valence-electron chi connectivity index (χ3n) is 5.22. The molecule has 0 aromatic heterocycles. The number of carbonyl (C=O) groups is 1. The van der Waals surface area contributed by atoms with Crippen LogP contribution in [0.25, 0.3) is 0 Å². The van der Waals surface area contributed by atoms with E-state index in [1.807, 2.05) is 39.8 Å². The van der Waals surface area contributed by atoms with Gasteiger partial charge in [-0.3, -0.25) is 9.10 Å². The Bertz CT molecular complexity index is 1240. The van der Waals surface area contributed by atoms with E-state index in [0.717, 1.165) is 26.7 Å². The summed E-state index contributed by atoms with van der Waals surface area (Å²) in [4.78, 5) is 12.9. The molecule has 1 amide bonds. The molecular formula is C27H32N2O5S. The third kappa shape index (κ3) is 6.99. The van der Waals surface area contributed by atoms with E-state index in [1.165, 1.54) is 12.1 Å². The lowest BCUT2D eigenvalue weighted by Gasteiger charge is -2.26. The van der Waals surface area contributed by atoms with E-state index in [2.05, 4.69) is 11.4 Å². The number of nitrogens with zero attached hydrogens (tertiary/aromatic N) is 1. The Hall–Kier alpha value is -3.52. The normalized spacial score (nSPS) is 11.1. The van der Waals surface area contributed by atoms with Crippen LogP contribution < -0.4 is 19.1 Å². The molecular weight excluding hydrogens is 464 g/mol. The molecule has 0 unspecified atom stereocenters. The number of hydrogen-bond donors (Lipinski definition) is 1. The zero-order valence-corrected chi connectivity index (χ0v) is 21.4. The summed E-state index contributed by atoms with van der Waals surface area (Å²) in [6.07, 6.45) is 0. The van der Waals surface area contributed by atoms with Gasteiger partial charge in [0.25, 0.3) is 10.0 Å². The van der Waals surface area contributed by atoms with Crippen molar-refractivity contribution in [2.75, 3.05) is 30.6 Å². The van der Waals surface area contributed by atoms with Gasteiger partial charge in [-0.25, -0.2) is 8.42 Å². The van der Waals surface area contributed by atoms with Crippen molar-refractivity contribution in [2.24, 2.45) is 0 Å². The maximum absolute atomic E-state index is 13.6. The van der Waals surface area contributed by atoms with Crippen LogP contribution in [0.3, 0.4) is 0 Å². The lowest BCUT2D eigenvalue weighted by molar-refractivity contribution is -0.119. The number of anilines is 1. The molecule has 0 saturated carbocycles. The zero-order chi connectivity index (χ0) is 25.4. The van der Waals surface area contributed by atoms with E-state index in [0.29, 0.717) is 18.0 Å². The smallest absolute Gasteiger partial charge is 0.264 e. The SMILES string of the molecule is CCOc1ccccc1N(CC(=O)NCCOc1cc(C)cc(C)c1)S(=O)(=O)c1ccc(C)cc1. The number of hydrogen-bond acceptors (Lipinski definition) is 5. The predicted octanol–water partition coefficient (Wildman–Crippen LogP) is 4.40. The molecule has 3 rings (SSSR count). The van der Waals surface area contributed by atoms with E-state index in [4.69, 9.17) is 9.47 Å². The Labute approximate surface area is 207 Å². The number of ether oxygens (including phenoxy) is 2. The van der Waals surface area contributed by atoms with E-state index < -0.39 is 22.5 Å². The predicted molar refractivity (Wildman–Crippen MR) is 138 cm³/mol. The maximum atomic E-state index is 13.6. The first-order valence-electron chi connectivity index (χ1n) is 11.5. The largest absolute Gasteiger partial charge is 0.492 e. The van der Waals surface area contributed by atoms with Crippen LogP contribution in [0.2, 0.25) is 0 Å². The second kappa shape index (κ2) is 11.8. The quantitative estimate of drug-likeness (QED) is 0.398. The molecule has 0 aliphatic carbocycles. The fourth-order valence-corrected chi connectivity index (χ4v) is 5.07. The molecule has 0 atom stereocenters. The zero-order valence-electron chi connectivity index (χ0n) is 20.6. The van der Waals surface area contributed by atoms with Gasteiger partial charge in [0, 0.05) is 0 Å². The molecule has 0 aliphatic heterocycles. The van der Waals surface area contributed by atoms with Crippen molar-refractivity contribution in [3.05, 3.63) is 83.4 Å². The summed E-state index contributed by atoms with van der Waals surface area (Å²) in [6.45, 7) is 8.13. The number of amides is 1. The van der Waals surface area contributed by atoms with Crippen LogP contribution in [-0.2, 0) is 14.8 Å². The number of rotatable bonds is 11. The highest BCUT2D eigenvalue weighted by Gasteiger charge is 2.29. The van der Waals surface area contributed by atoms with Crippen LogP contribution >= 0.6 is 0 Å². The first-order valence-corrected chi connectivity index (χ1v) is 12.9. The van der Waals surface area contributed by atoms with Gasteiger partial charge in [-0.1, -0.05) is 35.9 Å². The molecule has 8 heteroatoms. The van der Waals surface area contributed by atoms with E-state index in [1.54, 1.807) is 36.4 Å². The molecule has 186 valence electrons. The molecule has 0 radical (unpaired) electrons. The fraction of sp³-hybridized carbons (Fsp3) is 0.296. The highest BCUT2D eigenvalue weighted by atomic mass is 32.2. The monoisotopic (exact) mass is 496 g/mol. The van der Waals surface area contributed by atoms with Crippen molar-refractivity contribution in [2.45, 2.75) is 32.6 Å². The first-order chi connectivity index (χ1) is 16.7. The van der Waals surface area contributed by atoms with Gasteiger partial charge in [-0.05, 0) is 75.2 Å². The summed E-state index contributed by atoms with van der Waals surface area (Å²) in [5, 5.41) is 2.76. The molecule has 1 N–H and O–H groups in total. The number of carbonyl (C=O) groups excluding carboxylic acids is 1. The van der Waals surface area contributed by atoms with Crippen molar-refractivity contribution in [3.63, 3.8) is 0 Å². The van der Waals surface area contributed by atoms with Crippen LogP contribution in [0.15, 0.2) is 71.6 Å². The molecule has 7 nitrogen and oxygen atoms in total. The van der Waals surface area contributed by atoms with Gasteiger partial charge in [0.1, 0.15) is 24.7 Å². The van der Waals surface area contributed by atoms with Crippen LogP contribution in [0.4, 0.5) is 5.69 Å². The summed E-state index contributed by atoms with van der Waals surface area (Å²) in [6, 6.07) is 19.2. The fourth-order valence-electron chi connectivity index (χ4n) is 3.64. The maximum Gasteiger partial charge on any atom is 0.264 e. The molecule has 35 heavy (non-hydrogen) atoms. The van der Waals surface area contributed by atoms with Crippen LogP contribution in [0.1, 0.15) is 23.6 Å². The van der Waals surface area contributed by atoms with Crippen LogP contribution in [0.5, 0.6) is 11.5 Å². The number of benzene rings is 3. The topological polar surface area (TPSA) is 84.9 Å². The Morgan fingerprint density at radius 2 is 1.54 bits per heavy atom. The minimum absolute atomic E-state index is 0.0975. The van der Waals surface area contributed by atoms with Gasteiger partial charge in [-0.2, -0.15) is 0 Å². The number of aryl methyl sites for hydroxylation is 3. The summed E-state index contributed by atoms with van der Waals surface area (Å²) in [5.74, 6) is 0.665. The third-order valence-corrected chi connectivity index (χ3v) is 6.99. The first kappa shape index (κ1) is 26.1. The van der Waals surface area contributed by atoms with Gasteiger partial charge >= 0.3 is 0 Å². The van der Waals surface area contributed by atoms with Gasteiger partial charge < -0.3 is 14.8 Å². The van der Waals surface area contributed by atoms with Crippen molar-refractivity contribution >= 4 is 21.6 Å². The summed E-state index contributed by atoms with van der Waals surface area (Å²) >= 11 is 0. The lowest BCUT2D eigenvalue weighted by Crippen LogP contribution is -2.42. The minimum atomic E-state index is -4.03. The highest BCUT2D eigenvalue weighted by molar-refractivity contribution is 7.92. The highest BCUT2D eigenvalue weighted by Crippen LogP contribution is 2.32. The van der Waals surface area contributed by atoms with E-state index >= 15 is 0 Å². The van der Waals surface area contributed by atoms with Crippen molar-refractivity contribution in [1.82, 2.24) is 5.32 Å². The van der Waals surface area contributed by atoms with Gasteiger partial charge in [0.2, 0.25) is 5.91 Å². The number of para-hydroxylation sites is 2. The average molecular weight is 497 g/mol. The Morgan fingerprint density at radius 1 is 0.886 bits per heavy atom. The van der Waals surface area contributed by atoms with E-state index in [-0.39, 0.29) is 18.0 Å².